The fourth-order valence-corrected chi connectivity index (χ4v) is 1.51. The fourth-order valence-electron chi connectivity index (χ4n) is 1.51. The molecule has 1 heterocycles. The van der Waals surface area contributed by atoms with Crippen LogP contribution in [0.25, 0.3) is 0 Å². The van der Waals surface area contributed by atoms with Crippen LogP contribution in [0.2, 0.25) is 0 Å². The molecule has 0 aliphatic heterocycles. The Hall–Kier alpha value is -2.03. The molecule has 20 heavy (non-hydrogen) atoms. The van der Waals surface area contributed by atoms with E-state index in [1.165, 1.54) is 0 Å². The minimum absolute atomic E-state index is 0.00935. The first-order valence-electron chi connectivity index (χ1n) is 5.59. The van der Waals surface area contributed by atoms with Crippen LogP contribution in [0.15, 0.2) is 6.20 Å². The fraction of sp³-hybridized carbons (Fsp3) is 0.455. The molecule has 0 aliphatic carbocycles. The largest absolute Gasteiger partial charge is 0.573 e. The Morgan fingerprint density at radius 3 is 2.65 bits per heavy atom. The van der Waals surface area contributed by atoms with Crippen LogP contribution >= 0.6 is 0 Å². The van der Waals surface area contributed by atoms with E-state index in [9.17, 15) is 23.1 Å². The van der Waals surface area contributed by atoms with Crippen LogP contribution in [0.1, 0.15) is 18.2 Å². The molecule has 0 saturated carbocycles. The predicted octanol–water partition coefficient (Wildman–Crippen LogP) is 1.25. The highest BCUT2D eigenvalue weighted by molar-refractivity contribution is 5.74. The molecule has 1 rings (SSSR count). The van der Waals surface area contributed by atoms with Crippen molar-refractivity contribution in [1.82, 2.24) is 4.98 Å². The van der Waals surface area contributed by atoms with Crippen LogP contribution in [0, 0.1) is 0 Å². The van der Waals surface area contributed by atoms with Crippen molar-refractivity contribution >= 4 is 5.97 Å². The number of carbonyl (C=O) groups excluding carboxylic acids is 1. The van der Waals surface area contributed by atoms with Gasteiger partial charge < -0.3 is 20.3 Å². The molecule has 112 valence electrons. The summed E-state index contributed by atoms with van der Waals surface area (Å²) in [6, 6.07) is 0. The minimum atomic E-state index is -5.02. The molecular formula is C11H13F3N2O4. The van der Waals surface area contributed by atoms with E-state index in [1.807, 2.05) is 0 Å². The molecule has 0 amide bonds. The summed E-state index contributed by atoms with van der Waals surface area (Å²) in [5.74, 6) is -2.50. The number of pyridine rings is 1. The molecule has 0 bridgehead atoms. The number of aromatic nitrogens is 1. The van der Waals surface area contributed by atoms with E-state index in [2.05, 4.69) is 14.5 Å². The van der Waals surface area contributed by atoms with Gasteiger partial charge in [0.25, 0.3) is 0 Å². The summed E-state index contributed by atoms with van der Waals surface area (Å²) in [4.78, 5) is 15.1. The van der Waals surface area contributed by atoms with Gasteiger partial charge in [-0.3, -0.25) is 9.78 Å². The third kappa shape index (κ3) is 4.26. The lowest BCUT2D eigenvalue weighted by atomic mass is 10.1. The van der Waals surface area contributed by atoms with Crippen molar-refractivity contribution in [3.05, 3.63) is 17.5 Å². The van der Waals surface area contributed by atoms with Gasteiger partial charge in [-0.1, -0.05) is 0 Å². The van der Waals surface area contributed by atoms with Crippen molar-refractivity contribution in [3.8, 4) is 11.5 Å². The molecule has 0 radical (unpaired) electrons. The van der Waals surface area contributed by atoms with E-state index in [1.54, 1.807) is 6.92 Å². The smallest absolute Gasteiger partial charge is 0.503 e. The summed E-state index contributed by atoms with van der Waals surface area (Å²) in [6.07, 6.45) is -4.78. The summed E-state index contributed by atoms with van der Waals surface area (Å²) in [7, 11) is 0. The number of alkyl halides is 3. The van der Waals surface area contributed by atoms with Crippen LogP contribution in [0.5, 0.6) is 11.5 Å². The van der Waals surface area contributed by atoms with Crippen LogP contribution < -0.4 is 10.5 Å². The Balaban J connectivity index is 3.21. The monoisotopic (exact) mass is 294 g/mol. The molecule has 1 aromatic heterocycles. The van der Waals surface area contributed by atoms with Crippen molar-refractivity contribution in [2.24, 2.45) is 5.73 Å². The Bertz CT molecular complexity index is 491. The highest BCUT2D eigenvalue weighted by atomic mass is 19.4. The van der Waals surface area contributed by atoms with Gasteiger partial charge in [0.15, 0.2) is 11.5 Å². The van der Waals surface area contributed by atoms with Crippen LogP contribution in [0.4, 0.5) is 13.2 Å². The van der Waals surface area contributed by atoms with Crippen LogP contribution in [-0.4, -0.2) is 29.0 Å². The average molecular weight is 294 g/mol. The van der Waals surface area contributed by atoms with Gasteiger partial charge in [0.2, 0.25) is 0 Å². The number of aromatic hydroxyl groups is 1. The molecule has 0 spiro atoms. The zero-order valence-electron chi connectivity index (χ0n) is 10.5. The number of esters is 1. The molecule has 0 unspecified atom stereocenters. The molecule has 9 heteroatoms. The van der Waals surface area contributed by atoms with Crippen LogP contribution in [-0.2, 0) is 22.5 Å². The quantitative estimate of drug-likeness (QED) is 0.794. The summed E-state index contributed by atoms with van der Waals surface area (Å²) in [6.45, 7) is 1.40. The van der Waals surface area contributed by atoms with E-state index >= 15 is 0 Å². The topological polar surface area (TPSA) is 94.7 Å². The minimum Gasteiger partial charge on any atom is -0.503 e. The highest BCUT2D eigenvalue weighted by Crippen LogP contribution is 2.36. The molecule has 0 atom stereocenters. The lowest BCUT2D eigenvalue weighted by Gasteiger charge is -2.16. The second-order valence-electron chi connectivity index (χ2n) is 3.63. The van der Waals surface area contributed by atoms with E-state index in [0.29, 0.717) is 0 Å². The van der Waals surface area contributed by atoms with Gasteiger partial charge in [0.05, 0.1) is 24.9 Å². The molecule has 3 N–H and O–H groups in total. The molecule has 0 fully saturated rings. The molecule has 6 nitrogen and oxygen atoms in total. The second-order valence-corrected chi connectivity index (χ2v) is 3.63. The first-order valence-corrected chi connectivity index (χ1v) is 5.59. The normalized spacial score (nSPS) is 11.2. The summed E-state index contributed by atoms with van der Waals surface area (Å²) >= 11 is 0. The molecule has 1 aromatic rings. The standard InChI is InChI=1S/C11H13F3N2O4/c1-2-19-9(18)3-6-7(4-15)16-5-8(17)10(6)20-11(12,13)14/h5,17H,2-4,15H2,1H3. The summed E-state index contributed by atoms with van der Waals surface area (Å²) < 4.78 is 45.3. The maximum Gasteiger partial charge on any atom is 0.573 e. The second kappa shape index (κ2) is 6.42. The zero-order valence-corrected chi connectivity index (χ0v) is 10.5. The molecule has 0 aliphatic rings. The zero-order chi connectivity index (χ0) is 15.3. The van der Waals surface area contributed by atoms with Crippen molar-refractivity contribution in [2.75, 3.05) is 6.61 Å². The Morgan fingerprint density at radius 1 is 1.50 bits per heavy atom. The maximum absolute atomic E-state index is 12.3. The lowest BCUT2D eigenvalue weighted by Crippen LogP contribution is -2.21. The third-order valence-corrected chi connectivity index (χ3v) is 2.24. The van der Waals surface area contributed by atoms with Gasteiger partial charge in [0, 0.05) is 12.1 Å². The van der Waals surface area contributed by atoms with E-state index in [4.69, 9.17) is 5.73 Å². The summed E-state index contributed by atoms with van der Waals surface area (Å²) in [5, 5.41) is 9.44. The average Bonchev–Trinajstić information content (AvgIpc) is 2.33. The van der Waals surface area contributed by atoms with E-state index in [-0.39, 0.29) is 24.4 Å². The summed E-state index contributed by atoms with van der Waals surface area (Å²) in [5.41, 5.74) is 5.11. The number of hydrogen-bond donors (Lipinski definition) is 2. The molecule has 0 aromatic carbocycles. The molecule has 0 saturated heterocycles. The first-order chi connectivity index (χ1) is 9.28. The third-order valence-electron chi connectivity index (χ3n) is 2.24. The SMILES string of the molecule is CCOC(=O)Cc1c(CN)ncc(O)c1OC(F)(F)F. The Kier molecular flexibility index (Phi) is 5.14. The van der Waals surface area contributed by atoms with Crippen molar-refractivity contribution < 1.29 is 32.5 Å². The van der Waals surface area contributed by atoms with Crippen molar-refractivity contribution in [3.63, 3.8) is 0 Å². The number of halogens is 3. The van der Waals surface area contributed by atoms with Crippen molar-refractivity contribution in [1.29, 1.82) is 0 Å². The lowest BCUT2D eigenvalue weighted by molar-refractivity contribution is -0.275. The van der Waals surface area contributed by atoms with Gasteiger partial charge in [-0.05, 0) is 6.92 Å². The first kappa shape index (κ1) is 16.0. The number of hydrogen-bond acceptors (Lipinski definition) is 6. The number of nitrogens with two attached hydrogens (primary N) is 1. The van der Waals surface area contributed by atoms with Crippen molar-refractivity contribution in [2.45, 2.75) is 26.3 Å². The van der Waals surface area contributed by atoms with E-state index < -0.39 is 30.3 Å². The predicted molar refractivity (Wildman–Crippen MR) is 60.8 cm³/mol. The Morgan fingerprint density at radius 2 is 2.15 bits per heavy atom. The van der Waals surface area contributed by atoms with E-state index in [0.717, 1.165) is 6.20 Å². The van der Waals surface area contributed by atoms with Gasteiger partial charge in [-0.15, -0.1) is 13.2 Å². The number of nitrogens with zero attached hydrogens (tertiary/aromatic N) is 1. The number of rotatable bonds is 5. The number of carbonyl (C=O) groups is 1. The number of ether oxygens (including phenoxy) is 2. The van der Waals surface area contributed by atoms with Gasteiger partial charge in [-0.25, -0.2) is 0 Å². The Labute approximate surface area is 112 Å². The maximum atomic E-state index is 12.3. The van der Waals surface area contributed by atoms with Gasteiger partial charge in [-0.2, -0.15) is 0 Å². The molecular weight excluding hydrogens is 281 g/mol. The van der Waals surface area contributed by atoms with Gasteiger partial charge >= 0.3 is 12.3 Å². The van der Waals surface area contributed by atoms with Crippen LogP contribution in [0.3, 0.4) is 0 Å². The highest BCUT2D eigenvalue weighted by Gasteiger charge is 2.34. The van der Waals surface area contributed by atoms with Gasteiger partial charge in [0.1, 0.15) is 0 Å².